The minimum atomic E-state index is -0.110. The van der Waals surface area contributed by atoms with Crippen LogP contribution in [-0.2, 0) is 11.3 Å². The lowest BCUT2D eigenvalue weighted by molar-refractivity contribution is -0.114. The highest BCUT2D eigenvalue weighted by molar-refractivity contribution is 5.87. The highest BCUT2D eigenvalue weighted by Gasteiger charge is 2.26. The molecule has 3 heterocycles. The molecule has 1 saturated heterocycles. The predicted molar refractivity (Wildman–Crippen MR) is 83.8 cm³/mol. The van der Waals surface area contributed by atoms with Crippen molar-refractivity contribution in [3.8, 4) is 0 Å². The molecule has 1 N–H and O–H groups in total. The predicted octanol–water partition coefficient (Wildman–Crippen LogP) is 1.79. The van der Waals surface area contributed by atoms with Crippen LogP contribution in [0.3, 0.4) is 0 Å². The van der Waals surface area contributed by atoms with Gasteiger partial charge in [0.05, 0.1) is 12.6 Å². The van der Waals surface area contributed by atoms with Gasteiger partial charge in [-0.05, 0) is 6.42 Å². The molecule has 3 rings (SSSR count). The lowest BCUT2D eigenvalue weighted by atomic mass is 10.2. The van der Waals surface area contributed by atoms with Crippen LogP contribution in [0.2, 0.25) is 0 Å². The van der Waals surface area contributed by atoms with Gasteiger partial charge in [0.15, 0.2) is 11.6 Å². The number of nitrogens with one attached hydrogen (secondary N) is 1. The molecule has 8 heteroatoms. The molecule has 124 valence electrons. The van der Waals surface area contributed by atoms with Crippen molar-refractivity contribution >= 4 is 11.7 Å². The summed E-state index contributed by atoms with van der Waals surface area (Å²) in [5, 5.41) is 11.1. The number of likely N-dealkylation sites (tertiary alicyclic amines) is 1. The summed E-state index contributed by atoms with van der Waals surface area (Å²) in [5.41, 5.74) is 0. The molecule has 0 bridgehead atoms. The number of hydrogen-bond acceptors (Lipinski definition) is 6. The van der Waals surface area contributed by atoms with Gasteiger partial charge < -0.3 is 9.84 Å². The van der Waals surface area contributed by atoms with E-state index in [1.165, 1.54) is 6.92 Å². The van der Waals surface area contributed by atoms with Gasteiger partial charge in [0, 0.05) is 38.2 Å². The second-order valence-corrected chi connectivity index (χ2v) is 6.24. The Labute approximate surface area is 134 Å². The maximum Gasteiger partial charge on any atom is 0.229 e. The lowest BCUT2D eigenvalue weighted by Crippen LogP contribution is -2.22. The maximum atomic E-state index is 11.1. The fourth-order valence-electron chi connectivity index (χ4n) is 2.73. The fourth-order valence-corrected chi connectivity index (χ4v) is 2.73. The number of anilines is 1. The average molecular weight is 318 g/mol. The van der Waals surface area contributed by atoms with Crippen LogP contribution in [0.25, 0.3) is 0 Å². The maximum absolute atomic E-state index is 11.1. The van der Waals surface area contributed by atoms with Crippen molar-refractivity contribution in [2.45, 2.75) is 45.7 Å². The van der Waals surface area contributed by atoms with E-state index in [1.54, 1.807) is 0 Å². The average Bonchev–Trinajstić information content (AvgIpc) is 3.18. The van der Waals surface area contributed by atoms with Gasteiger partial charge in [-0.15, -0.1) is 0 Å². The molecule has 2 aromatic heterocycles. The van der Waals surface area contributed by atoms with Gasteiger partial charge in [0.25, 0.3) is 0 Å². The fraction of sp³-hybridized carbons (Fsp3) is 0.600. The smallest absolute Gasteiger partial charge is 0.229 e. The second kappa shape index (κ2) is 6.49. The highest BCUT2D eigenvalue weighted by atomic mass is 16.5. The van der Waals surface area contributed by atoms with Gasteiger partial charge in [-0.25, -0.2) is 0 Å². The standard InChI is InChI=1S/C15H22N6O2/c1-10(2)15-17-14(19-23-15)9-20-6-4-12(8-20)21-7-5-13(18-21)16-11(3)22/h5,7,10,12H,4,6,8-9H2,1-3H3,(H,16,18,22)/t12-/m1/s1. The van der Waals surface area contributed by atoms with E-state index in [-0.39, 0.29) is 11.8 Å². The number of nitrogens with zero attached hydrogens (tertiary/aromatic N) is 5. The molecule has 0 aliphatic carbocycles. The number of rotatable bonds is 5. The third kappa shape index (κ3) is 3.76. The largest absolute Gasteiger partial charge is 0.339 e. The number of carbonyl (C=O) groups is 1. The van der Waals surface area contributed by atoms with Crippen LogP contribution < -0.4 is 5.32 Å². The molecule has 0 radical (unpaired) electrons. The van der Waals surface area contributed by atoms with E-state index >= 15 is 0 Å². The van der Waals surface area contributed by atoms with Crippen LogP contribution in [0.1, 0.15) is 50.9 Å². The summed E-state index contributed by atoms with van der Waals surface area (Å²) in [6.07, 6.45) is 2.92. The summed E-state index contributed by atoms with van der Waals surface area (Å²) in [6, 6.07) is 2.12. The van der Waals surface area contributed by atoms with E-state index in [4.69, 9.17) is 4.52 Å². The summed E-state index contributed by atoms with van der Waals surface area (Å²) in [7, 11) is 0. The summed E-state index contributed by atoms with van der Waals surface area (Å²) in [4.78, 5) is 17.8. The Kier molecular flexibility index (Phi) is 4.42. The molecule has 1 aliphatic rings. The van der Waals surface area contributed by atoms with Crippen LogP contribution >= 0.6 is 0 Å². The molecule has 0 spiro atoms. The number of amides is 1. The summed E-state index contributed by atoms with van der Waals surface area (Å²) < 4.78 is 7.16. The van der Waals surface area contributed by atoms with Crippen LogP contribution in [0.4, 0.5) is 5.82 Å². The molecule has 2 aromatic rings. The van der Waals surface area contributed by atoms with Crippen LogP contribution in [0.15, 0.2) is 16.8 Å². The zero-order chi connectivity index (χ0) is 16.4. The molecule has 1 aliphatic heterocycles. The van der Waals surface area contributed by atoms with Gasteiger partial charge in [-0.1, -0.05) is 19.0 Å². The normalized spacial score (nSPS) is 18.7. The molecule has 23 heavy (non-hydrogen) atoms. The van der Waals surface area contributed by atoms with E-state index < -0.39 is 0 Å². The topological polar surface area (TPSA) is 89.1 Å². The van der Waals surface area contributed by atoms with Gasteiger partial charge >= 0.3 is 0 Å². The van der Waals surface area contributed by atoms with Crippen molar-refractivity contribution in [1.82, 2.24) is 24.8 Å². The molecule has 1 atom stereocenters. The molecular formula is C15H22N6O2. The van der Waals surface area contributed by atoms with E-state index in [1.807, 2.05) is 30.8 Å². The Balaban J connectivity index is 1.57. The van der Waals surface area contributed by atoms with Crippen molar-refractivity contribution in [2.75, 3.05) is 18.4 Å². The molecule has 1 amide bonds. The molecule has 0 aromatic carbocycles. The Bertz CT molecular complexity index is 677. The zero-order valence-electron chi connectivity index (χ0n) is 13.7. The van der Waals surface area contributed by atoms with E-state index in [0.29, 0.717) is 24.3 Å². The molecule has 8 nitrogen and oxygen atoms in total. The van der Waals surface area contributed by atoms with Crippen LogP contribution in [0.5, 0.6) is 0 Å². The van der Waals surface area contributed by atoms with Gasteiger partial charge in [0.1, 0.15) is 0 Å². The van der Waals surface area contributed by atoms with E-state index in [0.717, 1.165) is 25.3 Å². The Morgan fingerprint density at radius 1 is 1.52 bits per heavy atom. The van der Waals surface area contributed by atoms with Crippen molar-refractivity contribution in [3.63, 3.8) is 0 Å². The molecule has 0 saturated carbocycles. The van der Waals surface area contributed by atoms with Crippen LogP contribution in [0, 0.1) is 0 Å². The zero-order valence-corrected chi connectivity index (χ0v) is 13.7. The molecule has 1 fully saturated rings. The van der Waals surface area contributed by atoms with Gasteiger partial charge in [0.2, 0.25) is 11.8 Å². The highest BCUT2D eigenvalue weighted by Crippen LogP contribution is 2.23. The summed E-state index contributed by atoms with van der Waals surface area (Å²) >= 11 is 0. The van der Waals surface area contributed by atoms with Crippen LogP contribution in [-0.4, -0.2) is 43.8 Å². The van der Waals surface area contributed by atoms with Gasteiger partial charge in [-0.3, -0.25) is 14.4 Å². The minimum absolute atomic E-state index is 0.110. The third-order valence-corrected chi connectivity index (χ3v) is 3.88. The Morgan fingerprint density at radius 3 is 3.04 bits per heavy atom. The van der Waals surface area contributed by atoms with Crippen molar-refractivity contribution in [2.24, 2.45) is 0 Å². The lowest BCUT2D eigenvalue weighted by Gasteiger charge is -2.13. The van der Waals surface area contributed by atoms with Gasteiger partial charge in [-0.2, -0.15) is 10.1 Å². The first-order valence-corrected chi connectivity index (χ1v) is 7.89. The van der Waals surface area contributed by atoms with Crippen molar-refractivity contribution < 1.29 is 9.32 Å². The monoisotopic (exact) mass is 318 g/mol. The third-order valence-electron chi connectivity index (χ3n) is 3.88. The van der Waals surface area contributed by atoms with E-state index in [2.05, 4.69) is 25.5 Å². The Morgan fingerprint density at radius 2 is 2.35 bits per heavy atom. The SMILES string of the molecule is CC(=O)Nc1ccn([C@@H]2CCN(Cc3noc(C(C)C)n3)C2)n1. The number of carbonyl (C=O) groups excluding carboxylic acids is 1. The second-order valence-electron chi connectivity index (χ2n) is 6.24. The van der Waals surface area contributed by atoms with Crippen molar-refractivity contribution in [1.29, 1.82) is 0 Å². The van der Waals surface area contributed by atoms with E-state index in [9.17, 15) is 4.79 Å². The molecule has 0 unspecified atom stereocenters. The number of hydrogen-bond donors (Lipinski definition) is 1. The first kappa shape index (κ1) is 15.7. The first-order valence-electron chi connectivity index (χ1n) is 7.89. The minimum Gasteiger partial charge on any atom is -0.339 e. The summed E-state index contributed by atoms with van der Waals surface area (Å²) in [6.45, 7) is 8.08. The quantitative estimate of drug-likeness (QED) is 0.904. The Hall–Kier alpha value is -2.22. The molecular weight excluding hydrogens is 296 g/mol. The van der Waals surface area contributed by atoms with Crippen molar-refractivity contribution in [3.05, 3.63) is 24.0 Å². The number of aromatic nitrogens is 4. The summed E-state index contributed by atoms with van der Waals surface area (Å²) in [5.74, 6) is 2.15. The first-order chi connectivity index (χ1) is 11.0.